The second-order valence-electron chi connectivity index (χ2n) is 1.21. The van der Waals surface area contributed by atoms with Crippen molar-refractivity contribution in [3.63, 3.8) is 0 Å². The molecule has 2 N–H and O–H groups in total. The topological polar surface area (TPSA) is 66.4 Å². The second kappa shape index (κ2) is 2.38. The van der Waals surface area contributed by atoms with Crippen LogP contribution in [0.5, 0.6) is 0 Å². The van der Waals surface area contributed by atoms with Gasteiger partial charge in [-0.2, -0.15) is 13.1 Å². The standard InChI is InChI=1S/C2H6FNO3S/c1-2(3)4-8(5,6)7/h2,4H,1H3,(H,5,6,7). The van der Waals surface area contributed by atoms with Crippen LogP contribution < -0.4 is 4.72 Å². The molecule has 8 heavy (non-hydrogen) atoms. The molecule has 0 heterocycles. The van der Waals surface area contributed by atoms with Crippen molar-refractivity contribution in [3.05, 3.63) is 0 Å². The Morgan fingerprint density at radius 1 is 1.75 bits per heavy atom. The highest BCUT2D eigenvalue weighted by atomic mass is 32.2. The zero-order valence-corrected chi connectivity index (χ0v) is 4.94. The number of halogens is 1. The third kappa shape index (κ3) is 5.80. The Bertz CT molecular complexity index is 151. The van der Waals surface area contributed by atoms with Gasteiger partial charge >= 0.3 is 10.3 Å². The summed E-state index contributed by atoms with van der Waals surface area (Å²) in [7, 11) is -4.35. The van der Waals surface area contributed by atoms with Crippen LogP contribution >= 0.6 is 0 Å². The van der Waals surface area contributed by atoms with E-state index < -0.39 is 16.6 Å². The Balaban J connectivity index is 3.75. The third-order valence-electron chi connectivity index (χ3n) is 0.311. The smallest absolute Gasteiger partial charge is 0.273 e. The molecule has 4 nitrogen and oxygen atoms in total. The maximum Gasteiger partial charge on any atom is 0.335 e. The molecule has 0 aliphatic carbocycles. The first-order valence-corrected chi connectivity index (χ1v) is 3.24. The first-order valence-electron chi connectivity index (χ1n) is 1.80. The predicted molar refractivity (Wildman–Crippen MR) is 25.3 cm³/mol. The molecule has 0 rings (SSSR count). The average Bonchev–Trinajstić information content (AvgIpc) is 1.21. The molecule has 50 valence electrons. The Morgan fingerprint density at radius 2 is 2.12 bits per heavy atom. The van der Waals surface area contributed by atoms with Crippen molar-refractivity contribution in [2.45, 2.75) is 13.2 Å². The molecule has 0 saturated carbocycles. The summed E-state index contributed by atoms with van der Waals surface area (Å²) in [6.45, 7) is 0.952. The van der Waals surface area contributed by atoms with Crippen LogP contribution in [0.2, 0.25) is 0 Å². The van der Waals surface area contributed by atoms with Crippen LogP contribution in [-0.4, -0.2) is 19.3 Å². The summed E-state index contributed by atoms with van der Waals surface area (Å²) in [5.74, 6) is 0. The van der Waals surface area contributed by atoms with Gasteiger partial charge in [-0.1, -0.05) is 0 Å². The van der Waals surface area contributed by atoms with Crippen LogP contribution in [0.4, 0.5) is 4.39 Å². The molecule has 0 fully saturated rings. The van der Waals surface area contributed by atoms with Gasteiger partial charge in [0.1, 0.15) is 0 Å². The molecule has 0 amide bonds. The molecule has 0 bridgehead atoms. The van der Waals surface area contributed by atoms with Crippen LogP contribution in [-0.2, 0) is 10.3 Å². The fourth-order valence-electron chi connectivity index (χ4n) is 0.205. The van der Waals surface area contributed by atoms with Gasteiger partial charge in [0.25, 0.3) is 0 Å². The summed E-state index contributed by atoms with van der Waals surface area (Å²) in [6.07, 6.45) is -1.75. The summed E-state index contributed by atoms with van der Waals surface area (Å²) >= 11 is 0. The van der Waals surface area contributed by atoms with Crippen molar-refractivity contribution >= 4 is 10.3 Å². The fraction of sp³-hybridized carbons (Fsp3) is 1.00. The van der Waals surface area contributed by atoms with E-state index in [-0.39, 0.29) is 0 Å². The summed E-state index contributed by atoms with van der Waals surface area (Å²) in [5.41, 5.74) is 0. The Kier molecular flexibility index (Phi) is 2.32. The SMILES string of the molecule is CC(F)NS(=O)(=O)O. The highest BCUT2D eigenvalue weighted by Gasteiger charge is 2.06. The summed E-state index contributed by atoms with van der Waals surface area (Å²) in [4.78, 5) is 0. The van der Waals surface area contributed by atoms with E-state index in [0.717, 1.165) is 6.92 Å². The maximum absolute atomic E-state index is 11.5. The van der Waals surface area contributed by atoms with Gasteiger partial charge in [0.15, 0.2) is 6.30 Å². The van der Waals surface area contributed by atoms with Gasteiger partial charge < -0.3 is 0 Å². The number of alkyl halides is 1. The lowest BCUT2D eigenvalue weighted by Gasteiger charge is -1.97. The number of rotatable bonds is 2. The van der Waals surface area contributed by atoms with Crippen LogP contribution in [0, 0.1) is 0 Å². The highest BCUT2D eigenvalue weighted by Crippen LogP contribution is 1.82. The van der Waals surface area contributed by atoms with Crippen molar-refractivity contribution in [2.24, 2.45) is 0 Å². The summed E-state index contributed by atoms with van der Waals surface area (Å²) < 4.78 is 39.9. The monoisotopic (exact) mass is 143 g/mol. The molecule has 0 spiro atoms. The fourth-order valence-corrected chi connectivity index (χ4v) is 0.616. The van der Waals surface area contributed by atoms with E-state index in [2.05, 4.69) is 0 Å². The molecule has 6 heteroatoms. The van der Waals surface area contributed by atoms with E-state index in [1.54, 1.807) is 0 Å². The molecule has 0 radical (unpaired) electrons. The Labute approximate surface area is 46.6 Å². The summed E-state index contributed by atoms with van der Waals surface area (Å²) in [5, 5.41) is 0. The lowest BCUT2D eigenvalue weighted by molar-refractivity contribution is 0.327. The molecule has 0 aliphatic rings. The first-order chi connectivity index (χ1) is 3.42. The summed E-state index contributed by atoms with van der Waals surface area (Å²) in [6, 6.07) is 0. The lowest BCUT2D eigenvalue weighted by Crippen LogP contribution is -2.28. The van der Waals surface area contributed by atoms with Gasteiger partial charge in [0.2, 0.25) is 0 Å². The molecule has 0 aromatic rings. The minimum absolute atomic E-state index is 0.952. The van der Waals surface area contributed by atoms with Crippen LogP contribution in [0.15, 0.2) is 0 Å². The molecular formula is C2H6FNO3S. The molecule has 0 aromatic carbocycles. The number of hydrogen-bond acceptors (Lipinski definition) is 2. The Morgan fingerprint density at radius 3 is 2.12 bits per heavy atom. The van der Waals surface area contributed by atoms with E-state index in [1.807, 2.05) is 0 Å². The van der Waals surface area contributed by atoms with Crippen molar-refractivity contribution < 1.29 is 17.4 Å². The average molecular weight is 143 g/mol. The minimum atomic E-state index is -4.35. The van der Waals surface area contributed by atoms with Gasteiger partial charge in [-0.15, -0.1) is 0 Å². The zero-order chi connectivity index (χ0) is 6.78. The maximum atomic E-state index is 11.5. The van der Waals surface area contributed by atoms with Crippen LogP contribution in [0.3, 0.4) is 0 Å². The van der Waals surface area contributed by atoms with E-state index >= 15 is 0 Å². The van der Waals surface area contributed by atoms with Gasteiger partial charge in [-0.25, -0.2) is 4.39 Å². The molecule has 1 unspecified atom stereocenters. The van der Waals surface area contributed by atoms with E-state index in [0.29, 0.717) is 0 Å². The zero-order valence-electron chi connectivity index (χ0n) is 4.13. The predicted octanol–water partition coefficient (Wildman–Crippen LogP) is -0.306. The lowest BCUT2D eigenvalue weighted by atomic mass is 10.8. The molecule has 0 saturated heterocycles. The van der Waals surface area contributed by atoms with Crippen LogP contribution in [0.25, 0.3) is 0 Å². The van der Waals surface area contributed by atoms with E-state index in [9.17, 15) is 12.8 Å². The second-order valence-corrected chi connectivity index (χ2v) is 2.39. The third-order valence-corrected chi connectivity index (χ3v) is 0.934. The highest BCUT2D eigenvalue weighted by molar-refractivity contribution is 7.83. The molecule has 0 aromatic heterocycles. The van der Waals surface area contributed by atoms with Crippen molar-refractivity contribution in [1.29, 1.82) is 0 Å². The first kappa shape index (κ1) is 7.80. The number of nitrogens with one attached hydrogen (secondary N) is 1. The van der Waals surface area contributed by atoms with Crippen molar-refractivity contribution in [2.75, 3.05) is 0 Å². The quantitative estimate of drug-likeness (QED) is 0.411. The van der Waals surface area contributed by atoms with Gasteiger partial charge in [-0.05, 0) is 6.92 Å². The largest absolute Gasteiger partial charge is 0.335 e. The Hall–Kier alpha value is -0.200. The van der Waals surface area contributed by atoms with Crippen LogP contribution in [0.1, 0.15) is 6.92 Å². The van der Waals surface area contributed by atoms with E-state index in [4.69, 9.17) is 4.55 Å². The van der Waals surface area contributed by atoms with Gasteiger partial charge in [0.05, 0.1) is 0 Å². The van der Waals surface area contributed by atoms with E-state index in [1.165, 1.54) is 4.72 Å². The van der Waals surface area contributed by atoms with Gasteiger partial charge in [0, 0.05) is 0 Å². The van der Waals surface area contributed by atoms with Crippen molar-refractivity contribution in [3.8, 4) is 0 Å². The normalized spacial score (nSPS) is 15.9. The number of hydrogen-bond donors (Lipinski definition) is 2. The van der Waals surface area contributed by atoms with Gasteiger partial charge in [-0.3, -0.25) is 4.55 Å². The molecular weight excluding hydrogens is 137 g/mol. The van der Waals surface area contributed by atoms with Crippen molar-refractivity contribution in [1.82, 2.24) is 4.72 Å². The minimum Gasteiger partial charge on any atom is -0.273 e. The molecule has 0 aliphatic heterocycles. The molecule has 1 atom stereocenters.